The Morgan fingerprint density at radius 3 is 2.33 bits per heavy atom. The lowest BCUT2D eigenvalue weighted by Crippen LogP contribution is -2.33. The number of nitrogens with zero attached hydrogens (tertiary/aromatic N) is 1. The van der Waals surface area contributed by atoms with Crippen molar-refractivity contribution in [3.63, 3.8) is 0 Å². The molecule has 0 fully saturated rings. The van der Waals surface area contributed by atoms with Crippen molar-refractivity contribution in [3.05, 3.63) is 88.4 Å². The molecule has 3 aromatic carbocycles. The SMILES string of the molecule is CCOc1ccc(NC(=O)c2ccccc2NC(=O)C(=O)N/N=C\c2ccccc2Br)cc1. The molecule has 3 N–H and O–H groups in total. The third kappa shape index (κ3) is 6.75. The minimum absolute atomic E-state index is 0.191. The van der Waals surface area contributed by atoms with Crippen molar-refractivity contribution in [2.45, 2.75) is 6.92 Å². The van der Waals surface area contributed by atoms with Gasteiger partial charge in [0, 0.05) is 15.7 Å². The number of nitrogens with one attached hydrogen (secondary N) is 3. The lowest BCUT2D eigenvalue weighted by Gasteiger charge is -2.11. The van der Waals surface area contributed by atoms with Crippen molar-refractivity contribution < 1.29 is 19.1 Å². The molecule has 0 saturated carbocycles. The molecule has 3 amide bonds. The van der Waals surface area contributed by atoms with E-state index < -0.39 is 17.7 Å². The molecule has 9 heteroatoms. The van der Waals surface area contributed by atoms with Gasteiger partial charge in [-0.1, -0.05) is 46.3 Å². The fourth-order valence-electron chi connectivity index (χ4n) is 2.76. The molecule has 0 saturated heterocycles. The van der Waals surface area contributed by atoms with E-state index in [2.05, 4.69) is 37.1 Å². The van der Waals surface area contributed by atoms with Gasteiger partial charge in [0.15, 0.2) is 0 Å². The topological polar surface area (TPSA) is 109 Å². The van der Waals surface area contributed by atoms with Crippen LogP contribution in [0.1, 0.15) is 22.8 Å². The van der Waals surface area contributed by atoms with Gasteiger partial charge in [0.1, 0.15) is 5.75 Å². The highest BCUT2D eigenvalue weighted by Gasteiger charge is 2.18. The highest BCUT2D eigenvalue weighted by Crippen LogP contribution is 2.20. The zero-order chi connectivity index (χ0) is 23.6. The minimum Gasteiger partial charge on any atom is -0.494 e. The number of hydrogen-bond acceptors (Lipinski definition) is 5. The van der Waals surface area contributed by atoms with E-state index in [-0.39, 0.29) is 11.3 Å². The molecule has 0 aliphatic carbocycles. The summed E-state index contributed by atoms with van der Waals surface area (Å²) in [7, 11) is 0. The summed E-state index contributed by atoms with van der Waals surface area (Å²) in [6.45, 7) is 2.43. The number of hydrazone groups is 1. The highest BCUT2D eigenvalue weighted by atomic mass is 79.9. The molecule has 0 atom stereocenters. The molecule has 0 aromatic heterocycles. The second-order valence-corrected chi connectivity index (χ2v) is 7.49. The highest BCUT2D eigenvalue weighted by molar-refractivity contribution is 9.10. The number of anilines is 2. The van der Waals surface area contributed by atoms with E-state index in [1.54, 1.807) is 48.5 Å². The van der Waals surface area contributed by atoms with Crippen molar-refractivity contribution in [3.8, 4) is 5.75 Å². The molecular weight excluding hydrogens is 488 g/mol. The lowest BCUT2D eigenvalue weighted by atomic mass is 10.1. The average Bonchev–Trinajstić information content (AvgIpc) is 2.82. The van der Waals surface area contributed by atoms with Crippen molar-refractivity contribution in [2.75, 3.05) is 17.2 Å². The molecular formula is C24H21BrN4O4. The smallest absolute Gasteiger partial charge is 0.329 e. The van der Waals surface area contributed by atoms with Crippen LogP contribution in [0.2, 0.25) is 0 Å². The van der Waals surface area contributed by atoms with Gasteiger partial charge in [-0.05, 0) is 49.4 Å². The molecule has 8 nitrogen and oxygen atoms in total. The number of carbonyl (C=O) groups is 3. The van der Waals surface area contributed by atoms with Crippen LogP contribution in [0.3, 0.4) is 0 Å². The Morgan fingerprint density at radius 2 is 1.61 bits per heavy atom. The van der Waals surface area contributed by atoms with Crippen molar-refractivity contribution in [2.24, 2.45) is 5.10 Å². The molecule has 33 heavy (non-hydrogen) atoms. The predicted octanol–water partition coefficient (Wildman–Crippen LogP) is 4.19. The van der Waals surface area contributed by atoms with Crippen LogP contribution in [-0.2, 0) is 9.59 Å². The number of halogens is 1. The maximum absolute atomic E-state index is 12.7. The van der Waals surface area contributed by atoms with Crippen LogP contribution in [-0.4, -0.2) is 30.5 Å². The Bertz CT molecular complexity index is 1180. The first-order chi connectivity index (χ1) is 16.0. The van der Waals surface area contributed by atoms with Gasteiger partial charge in [0.25, 0.3) is 5.91 Å². The van der Waals surface area contributed by atoms with E-state index in [1.165, 1.54) is 12.3 Å². The second-order valence-electron chi connectivity index (χ2n) is 6.63. The maximum atomic E-state index is 12.7. The third-order valence-electron chi connectivity index (χ3n) is 4.32. The molecule has 168 valence electrons. The van der Waals surface area contributed by atoms with E-state index in [1.807, 2.05) is 25.1 Å². The van der Waals surface area contributed by atoms with Gasteiger partial charge in [0.05, 0.1) is 24.1 Å². The number of amides is 3. The monoisotopic (exact) mass is 508 g/mol. The average molecular weight is 509 g/mol. The van der Waals surface area contributed by atoms with Crippen LogP contribution < -0.4 is 20.8 Å². The molecule has 0 spiro atoms. The molecule has 3 aromatic rings. The zero-order valence-electron chi connectivity index (χ0n) is 17.7. The number of para-hydroxylation sites is 1. The van der Waals surface area contributed by atoms with Gasteiger partial charge >= 0.3 is 11.8 Å². The first kappa shape index (κ1) is 23.7. The largest absolute Gasteiger partial charge is 0.494 e. The van der Waals surface area contributed by atoms with Gasteiger partial charge < -0.3 is 15.4 Å². The number of ether oxygens (including phenoxy) is 1. The molecule has 0 aliphatic rings. The fraction of sp³-hybridized carbons (Fsp3) is 0.0833. The van der Waals surface area contributed by atoms with E-state index >= 15 is 0 Å². The second kappa shape index (κ2) is 11.6. The van der Waals surface area contributed by atoms with Crippen molar-refractivity contribution in [1.82, 2.24) is 5.43 Å². The van der Waals surface area contributed by atoms with Crippen LogP contribution in [0.25, 0.3) is 0 Å². The van der Waals surface area contributed by atoms with Gasteiger partial charge in [0.2, 0.25) is 0 Å². The Hall–Kier alpha value is -3.98. The van der Waals surface area contributed by atoms with E-state index in [0.717, 1.165) is 10.0 Å². The summed E-state index contributed by atoms with van der Waals surface area (Å²) in [4.78, 5) is 37.2. The van der Waals surface area contributed by atoms with Gasteiger partial charge in [-0.2, -0.15) is 5.10 Å². The van der Waals surface area contributed by atoms with Crippen LogP contribution in [0.15, 0.2) is 82.4 Å². The first-order valence-corrected chi connectivity index (χ1v) is 10.8. The molecule has 0 heterocycles. The first-order valence-electron chi connectivity index (χ1n) is 10.00. The molecule has 0 bridgehead atoms. The molecule has 0 radical (unpaired) electrons. The van der Waals surface area contributed by atoms with Crippen LogP contribution in [0.4, 0.5) is 11.4 Å². The van der Waals surface area contributed by atoms with Crippen molar-refractivity contribution in [1.29, 1.82) is 0 Å². The van der Waals surface area contributed by atoms with Crippen molar-refractivity contribution >= 4 is 51.2 Å². The summed E-state index contributed by atoms with van der Waals surface area (Å²) >= 11 is 3.36. The van der Waals surface area contributed by atoms with Gasteiger partial charge in [-0.3, -0.25) is 14.4 Å². The number of benzene rings is 3. The fourth-order valence-corrected chi connectivity index (χ4v) is 3.15. The van der Waals surface area contributed by atoms with Gasteiger partial charge in [-0.15, -0.1) is 0 Å². The lowest BCUT2D eigenvalue weighted by molar-refractivity contribution is -0.136. The van der Waals surface area contributed by atoms with E-state index in [9.17, 15) is 14.4 Å². The normalized spacial score (nSPS) is 10.5. The molecule has 0 aliphatic heterocycles. The Kier molecular flexibility index (Phi) is 8.31. The summed E-state index contributed by atoms with van der Waals surface area (Å²) in [5, 5.41) is 9.00. The predicted molar refractivity (Wildman–Crippen MR) is 131 cm³/mol. The summed E-state index contributed by atoms with van der Waals surface area (Å²) in [6, 6.07) is 20.6. The van der Waals surface area contributed by atoms with Crippen LogP contribution >= 0.6 is 15.9 Å². The summed E-state index contributed by atoms with van der Waals surface area (Å²) in [5.41, 5.74) is 3.85. The standard InChI is InChI=1S/C24H21BrN4O4/c1-2-33-18-13-11-17(12-14-18)27-22(30)19-8-4-6-10-21(19)28-23(31)24(32)29-26-15-16-7-3-5-9-20(16)25/h3-15H,2H2,1H3,(H,27,30)(H,28,31)(H,29,32)/b26-15-. The Morgan fingerprint density at radius 1 is 0.909 bits per heavy atom. The molecule has 0 unspecified atom stereocenters. The van der Waals surface area contributed by atoms with Crippen LogP contribution in [0.5, 0.6) is 5.75 Å². The Labute approximate surface area is 199 Å². The third-order valence-corrected chi connectivity index (χ3v) is 5.05. The number of carbonyl (C=O) groups excluding carboxylic acids is 3. The maximum Gasteiger partial charge on any atom is 0.329 e. The van der Waals surface area contributed by atoms with E-state index in [4.69, 9.17) is 4.74 Å². The summed E-state index contributed by atoms with van der Waals surface area (Å²) in [6.07, 6.45) is 1.41. The number of rotatable bonds is 7. The van der Waals surface area contributed by atoms with E-state index in [0.29, 0.717) is 18.0 Å². The minimum atomic E-state index is -0.972. The van der Waals surface area contributed by atoms with Crippen LogP contribution in [0, 0.1) is 0 Å². The summed E-state index contributed by atoms with van der Waals surface area (Å²) in [5.74, 6) is -1.68. The van der Waals surface area contributed by atoms with Gasteiger partial charge in [-0.25, -0.2) is 5.43 Å². The zero-order valence-corrected chi connectivity index (χ0v) is 19.3. The summed E-state index contributed by atoms with van der Waals surface area (Å²) < 4.78 is 6.18. The number of hydrogen-bond donors (Lipinski definition) is 3. The Balaban J connectivity index is 1.63. The quantitative estimate of drug-likeness (QED) is 0.252. The molecule has 3 rings (SSSR count).